The van der Waals surface area contributed by atoms with Crippen LogP contribution in [0, 0.1) is 0 Å². The number of aromatic nitrogens is 1. The Balaban J connectivity index is 2.58. The fourth-order valence-electron chi connectivity index (χ4n) is 0.917. The number of hydrogen-bond donors (Lipinski definition) is 0. The predicted molar refractivity (Wildman–Crippen MR) is 53.9 cm³/mol. The first kappa shape index (κ1) is 10.5. The zero-order chi connectivity index (χ0) is 9.68. The van der Waals surface area contributed by atoms with Crippen molar-refractivity contribution in [3.8, 4) is 5.88 Å². The van der Waals surface area contributed by atoms with Gasteiger partial charge in [0, 0.05) is 13.3 Å². The molecule has 0 bridgehead atoms. The molecule has 1 unspecified atom stereocenters. The number of methoxy groups -OCH3 is 1. The van der Waals surface area contributed by atoms with Crippen molar-refractivity contribution in [3.63, 3.8) is 0 Å². The topological polar surface area (TPSA) is 31.4 Å². The summed E-state index contributed by atoms with van der Waals surface area (Å²) in [5.41, 5.74) is 0. The van der Waals surface area contributed by atoms with Gasteiger partial charge in [-0.3, -0.25) is 0 Å². The van der Waals surface area contributed by atoms with Gasteiger partial charge in [-0.15, -0.1) is 0 Å². The molecule has 0 aliphatic rings. The highest BCUT2D eigenvalue weighted by Gasteiger charge is 2.06. The van der Waals surface area contributed by atoms with Crippen molar-refractivity contribution in [1.82, 2.24) is 4.98 Å². The summed E-state index contributed by atoms with van der Waals surface area (Å²) in [4.78, 5) is 4.08. The lowest BCUT2D eigenvalue weighted by Crippen LogP contribution is -2.18. The van der Waals surface area contributed by atoms with Crippen LogP contribution in [0.1, 0.15) is 6.92 Å². The number of hydrogen-bond acceptors (Lipinski definition) is 3. The van der Waals surface area contributed by atoms with Crippen molar-refractivity contribution in [2.75, 3.05) is 13.7 Å². The second kappa shape index (κ2) is 5.19. The quantitative estimate of drug-likeness (QED) is 0.816. The first-order valence-electron chi connectivity index (χ1n) is 4.00. The summed E-state index contributed by atoms with van der Waals surface area (Å²) in [6.45, 7) is 2.49. The van der Waals surface area contributed by atoms with Crippen LogP contribution in [0.4, 0.5) is 0 Å². The van der Waals surface area contributed by atoms with Gasteiger partial charge in [-0.25, -0.2) is 4.98 Å². The van der Waals surface area contributed by atoms with Crippen molar-refractivity contribution in [2.45, 2.75) is 13.0 Å². The van der Waals surface area contributed by atoms with Crippen molar-refractivity contribution < 1.29 is 9.47 Å². The van der Waals surface area contributed by atoms with Gasteiger partial charge in [0.15, 0.2) is 0 Å². The van der Waals surface area contributed by atoms with Gasteiger partial charge in [0.2, 0.25) is 5.88 Å². The van der Waals surface area contributed by atoms with Crippen LogP contribution in [0.2, 0.25) is 0 Å². The molecule has 1 atom stereocenters. The molecule has 72 valence electrons. The molecule has 0 saturated heterocycles. The Morgan fingerprint density at radius 1 is 1.62 bits per heavy atom. The highest BCUT2D eigenvalue weighted by atomic mass is 79.9. The Morgan fingerprint density at radius 3 is 3.00 bits per heavy atom. The molecule has 0 saturated carbocycles. The highest BCUT2D eigenvalue weighted by molar-refractivity contribution is 9.10. The third-order valence-electron chi connectivity index (χ3n) is 1.44. The summed E-state index contributed by atoms with van der Waals surface area (Å²) in [5, 5.41) is 0. The molecule has 0 spiro atoms. The van der Waals surface area contributed by atoms with E-state index in [0.717, 1.165) is 4.47 Å². The largest absolute Gasteiger partial charge is 0.471 e. The van der Waals surface area contributed by atoms with E-state index in [1.54, 1.807) is 13.3 Å². The number of halogens is 1. The molecule has 0 aromatic carbocycles. The first-order chi connectivity index (χ1) is 6.24. The highest BCUT2D eigenvalue weighted by Crippen LogP contribution is 2.21. The molecular formula is C9H12BrNO2. The van der Waals surface area contributed by atoms with Crippen LogP contribution in [0.3, 0.4) is 0 Å². The van der Waals surface area contributed by atoms with Gasteiger partial charge in [0.1, 0.15) is 6.10 Å². The number of ether oxygens (including phenoxy) is 2. The van der Waals surface area contributed by atoms with E-state index >= 15 is 0 Å². The monoisotopic (exact) mass is 245 g/mol. The predicted octanol–water partition coefficient (Wildman–Crippen LogP) is 2.26. The molecule has 1 rings (SSSR count). The standard InChI is InChI=1S/C9H12BrNO2/c1-7(6-12-2)13-9-8(10)4-3-5-11-9/h3-5,7H,6H2,1-2H3. The van der Waals surface area contributed by atoms with E-state index < -0.39 is 0 Å². The lowest BCUT2D eigenvalue weighted by atomic mass is 10.4. The normalized spacial score (nSPS) is 12.5. The molecule has 1 aromatic heterocycles. The van der Waals surface area contributed by atoms with Gasteiger partial charge in [-0.2, -0.15) is 0 Å². The average molecular weight is 246 g/mol. The fraction of sp³-hybridized carbons (Fsp3) is 0.444. The molecule has 0 amide bonds. The number of nitrogens with zero attached hydrogens (tertiary/aromatic N) is 1. The van der Waals surface area contributed by atoms with Crippen LogP contribution in [0.25, 0.3) is 0 Å². The van der Waals surface area contributed by atoms with E-state index in [1.807, 2.05) is 19.1 Å². The Kier molecular flexibility index (Phi) is 4.18. The maximum absolute atomic E-state index is 5.50. The van der Waals surface area contributed by atoms with Gasteiger partial charge < -0.3 is 9.47 Å². The molecule has 3 nitrogen and oxygen atoms in total. The van der Waals surface area contributed by atoms with Gasteiger partial charge in [0.25, 0.3) is 0 Å². The van der Waals surface area contributed by atoms with Gasteiger partial charge in [-0.1, -0.05) is 0 Å². The van der Waals surface area contributed by atoms with Gasteiger partial charge >= 0.3 is 0 Å². The number of rotatable bonds is 4. The van der Waals surface area contributed by atoms with E-state index in [2.05, 4.69) is 20.9 Å². The molecule has 0 N–H and O–H groups in total. The third kappa shape index (κ3) is 3.32. The summed E-state index contributed by atoms with van der Waals surface area (Å²) in [6, 6.07) is 3.74. The Labute approximate surface area is 86.2 Å². The molecular weight excluding hydrogens is 234 g/mol. The van der Waals surface area contributed by atoms with Crippen molar-refractivity contribution in [3.05, 3.63) is 22.8 Å². The molecule has 0 aliphatic heterocycles. The molecule has 0 aliphatic carbocycles. The second-order valence-corrected chi connectivity index (χ2v) is 3.53. The molecule has 0 radical (unpaired) electrons. The maximum atomic E-state index is 5.50. The molecule has 1 heterocycles. The average Bonchev–Trinajstić information content (AvgIpc) is 2.09. The minimum Gasteiger partial charge on any atom is -0.471 e. The third-order valence-corrected chi connectivity index (χ3v) is 2.04. The smallest absolute Gasteiger partial charge is 0.228 e. The Morgan fingerprint density at radius 2 is 2.38 bits per heavy atom. The zero-order valence-electron chi connectivity index (χ0n) is 7.66. The van der Waals surface area contributed by atoms with Crippen LogP contribution >= 0.6 is 15.9 Å². The summed E-state index contributed by atoms with van der Waals surface area (Å²) < 4.78 is 11.3. The zero-order valence-corrected chi connectivity index (χ0v) is 9.24. The van der Waals surface area contributed by atoms with Gasteiger partial charge in [0.05, 0.1) is 11.1 Å². The summed E-state index contributed by atoms with van der Waals surface area (Å²) in [6.07, 6.45) is 1.70. The van der Waals surface area contributed by atoms with E-state index in [9.17, 15) is 0 Å². The minimum absolute atomic E-state index is 0.0104. The van der Waals surface area contributed by atoms with Gasteiger partial charge in [-0.05, 0) is 35.0 Å². The Bertz CT molecular complexity index is 268. The SMILES string of the molecule is COCC(C)Oc1ncccc1Br. The molecule has 4 heteroatoms. The van der Waals surface area contributed by atoms with Crippen LogP contribution in [0.5, 0.6) is 5.88 Å². The lowest BCUT2D eigenvalue weighted by Gasteiger charge is -2.13. The van der Waals surface area contributed by atoms with Crippen LogP contribution in [-0.4, -0.2) is 24.8 Å². The summed E-state index contributed by atoms with van der Waals surface area (Å²) in [7, 11) is 1.65. The van der Waals surface area contributed by atoms with E-state index in [4.69, 9.17) is 9.47 Å². The van der Waals surface area contributed by atoms with Crippen molar-refractivity contribution in [2.24, 2.45) is 0 Å². The molecule has 1 aromatic rings. The molecule has 13 heavy (non-hydrogen) atoms. The summed E-state index contributed by atoms with van der Waals surface area (Å²) in [5.74, 6) is 0.604. The van der Waals surface area contributed by atoms with Crippen LogP contribution < -0.4 is 4.74 Å². The fourth-order valence-corrected chi connectivity index (χ4v) is 1.27. The maximum Gasteiger partial charge on any atom is 0.228 e. The van der Waals surface area contributed by atoms with E-state index in [0.29, 0.717) is 12.5 Å². The minimum atomic E-state index is 0.0104. The van der Waals surface area contributed by atoms with Crippen molar-refractivity contribution >= 4 is 15.9 Å². The van der Waals surface area contributed by atoms with Crippen LogP contribution in [0.15, 0.2) is 22.8 Å². The molecule has 0 fully saturated rings. The number of pyridine rings is 1. The van der Waals surface area contributed by atoms with E-state index in [-0.39, 0.29) is 6.10 Å². The van der Waals surface area contributed by atoms with Crippen LogP contribution in [-0.2, 0) is 4.74 Å². The Hall–Kier alpha value is -0.610. The van der Waals surface area contributed by atoms with E-state index in [1.165, 1.54) is 0 Å². The summed E-state index contributed by atoms with van der Waals surface area (Å²) >= 11 is 3.35. The van der Waals surface area contributed by atoms with Crippen molar-refractivity contribution in [1.29, 1.82) is 0 Å². The first-order valence-corrected chi connectivity index (χ1v) is 4.79. The second-order valence-electron chi connectivity index (χ2n) is 2.67. The lowest BCUT2D eigenvalue weighted by molar-refractivity contribution is 0.0884.